The first-order chi connectivity index (χ1) is 14.9. The molecule has 0 unspecified atom stereocenters. The first-order valence-corrected chi connectivity index (χ1v) is 10.6. The van der Waals surface area contributed by atoms with Gasteiger partial charge in [0.2, 0.25) is 5.91 Å². The maximum atomic E-state index is 11.9. The number of carbonyl (C=O) groups is 2. The van der Waals surface area contributed by atoms with Crippen LogP contribution in [-0.4, -0.2) is 37.9 Å². The van der Waals surface area contributed by atoms with Crippen LogP contribution >= 0.6 is 24.0 Å². The van der Waals surface area contributed by atoms with Gasteiger partial charge in [-0.25, -0.2) is 0 Å². The second-order valence-electron chi connectivity index (χ2n) is 7.70. The SMILES string of the molecule is CN=C(NCCCc1ccc(C(C)C)cc1)NCc1ccc(C(=O)NCC(N)=O)cc1.I. The number of hydrogen-bond donors (Lipinski definition) is 4. The maximum absolute atomic E-state index is 11.9. The van der Waals surface area contributed by atoms with Gasteiger partial charge in [-0.3, -0.25) is 14.6 Å². The van der Waals surface area contributed by atoms with E-state index in [0.717, 1.165) is 30.9 Å². The highest BCUT2D eigenvalue weighted by Gasteiger charge is 2.06. The van der Waals surface area contributed by atoms with Crippen LogP contribution in [0, 0.1) is 0 Å². The number of benzene rings is 2. The molecular weight excluding hydrogens is 517 g/mol. The monoisotopic (exact) mass is 551 g/mol. The number of guanidine groups is 1. The Bertz CT molecular complexity index is 880. The van der Waals surface area contributed by atoms with Crippen LogP contribution in [0.5, 0.6) is 0 Å². The van der Waals surface area contributed by atoms with Gasteiger partial charge < -0.3 is 21.7 Å². The summed E-state index contributed by atoms with van der Waals surface area (Å²) in [4.78, 5) is 26.9. The molecule has 5 N–H and O–H groups in total. The Morgan fingerprint density at radius 3 is 2.12 bits per heavy atom. The zero-order chi connectivity index (χ0) is 22.6. The summed E-state index contributed by atoms with van der Waals surface area (Å²) >= 11 is 0. The van der Waals surface area contributed by atoms with Crippen molar-refractivity contribution in [3.63, 3.8) is 0 Å². The van der Waals surface area contributed by atoms with Crippen molar-refractivity contribution >= 4 is 41.8 Å². The van der Waals surface area contributed by atoms with Gasteiger partial charge in [0.05, 0.1) is 6.54 Å². The zero-order valence-electron chi connectivity index (χ0n) is 19.0. The minimum atomic E-state index is -0.572. The molecule has 174 valence electrons. The van der Waals surface area contributed by atoms with Crippen molar-refractivity contribution in [2.24, 2.45) is 10.7 Å². The number of aryl methyl sites for hydroxylation is 1. The number of primary amides is 1. The van der Waals surface area contributed by atoms with Gasteiger partial charge in [-0.15, -0.1) is 24.0 Å². The Morgan fingerprint density at radius 2 is 1.56 bits per heavy atom. The molecule has 0 aromatic heterocycles. The van der Waals surface area contributed by atoms with Gasteiger partial charge >= 0.3 is 0 Å². The summed E-state index contributed by atoms with van der Waals surface area (Å²) in [5.41, 5.74) is 9.24. The molecule has 0 saturated carbocycles. The van der Waals surface area contributed by atoms with Gasteiger partial charge in [-0.05, 0) is 47.6 Å². The number of hydrogen-bond acceptors (Lipinski definition) is 3. The lowest BCUT2D eigenvalue weighted by atomic mass is 10.0. The van der Waals surface area contributed by atoms with E-state index in [1.165, 1.54) is 11.1 Å². The second kappa shape index (κ2) is 14.4. The molecule has 0 aliphatic rings. The van der Waals surface area contributed by atoms with Gasteiger partial charge in [-0.1, -0.05) is 50.2 Å². The van der Waals surface area contributed by atoms with Crippen LogP contribution in [0.1, 0.15) is 53.2 Å². The smallest absolute Gasteiger partial charge is 0.251 e. The molecule has 0 heterocycles. The molecule has 0 spiro atoms. The number of aliphatic imine (C=N–C) groups is 1. The van der Waals surface area contributed by atoms with Crippen molar-refractivity contribution in [2.75, 3.05) is 20.1 Å². The summed E-state index contributed by atoms with van der Waals surface area (Å²) in [6.07, 6.45) is 2.03. The number of nitrogens with one attached hydrogen (secondary N) is 3. The van der Waals surface area contributed by atoms with Gasteiger partial charge in [0.25, 0.3) is 5.91 Å². The maximum Gasteiger partial charge on any atom is 0.251 e. The average Bonchev–Trinajstić information content (AvgIpc) is 2.77. The summed E-state index contributed by atoms with van der Waals surface area (Å²) in [6.45, 7) is 5.64. The van der Waals surface area contributed by atoms with E-state index < -0.39 is 5.91 Å². The number of halogens is 1. The lowest BCUT2D eigenvalue weighted by Crippen LogP contribution is -2.37. The third-order valence-corrected chi connectivity index (χ3v) is 4.90. The highest BCUT2D eigenvalue weighted by atomic mass is 127. The van der Waals surface area contributed by atoms with Crippen molar-refractivity contribution in [1.29, 1.82) is 0 Å². The normalized spacial score (nSPS) is 10.9. The van der Waals surface area contributed by atoms with Crippen molar-refractivity contribution in [1.82, 2.24) is 16.0 Å². The second-order valence-corrected chi connectivity index (χ2v) is 7.70. The highest BCUT2D eigenvalue weighted by Crippen LogP contribution is 2.15. The van der Waals surface area contributed by atoms with E-state index in [9.17, 15) is 9.59 Å². The molecule has 2 amide bonds. The van der Waals surface area contributed by atoms with E-state index in [0.29, 0.717) is 18.0 Å². The molecule has 32 heavy (non-hydrogen) atoms. The minimum Gasteiger partial charge on any atom is -0.368 e. The molecule has 8 heteroatoms. The standard InChI is InChI=1S/C24H33N5O2.HI/c1-17(2)20-10-6-18(7-11-20)5-4-14-27-24(26-3)29-15-19-8-12-21(13-9-19)23(31)28-16-22(25)30;/h6-13,17H,4-5,14-16H2,1-3H3,(H2,25,30)(H,28,31)(H2,26,27,29);1H. The van der Waals surface area contributed by atoms with E-state index in [1.54, 1.807) is 19.2 Å². The summed E-state index contributed by atoms with van der Waals surface area (Å²) < 4.78 is 0. The Kier molecular flexibility index (Phi) is 12.4. The molecule has 2 rings (SSSR count). The molecule has 2 aromatic carbocycles. The fourth-order valence-electron chi connectivity index (χ4n) is 3.02. The number of carbonyl (C=O) groups excluding carboxylic acids is 2. The van der Waals surface area contributed by atoms with Gasteiger partial charge in [0, 0.05) is 25.7 Å². The molecule has 0 saturated heterocycles. The van der Waals surface area contributed by atoms with Gasteiger partial charge in [0.1, 0.15) is 0 Å². The van der Waals surface area contributed by atoms with Crippen molar-refractivity contribution in [3.8, 4) is 0 Å². The largest absolute Gasteiger partial charge is 0.368 e. The fraction of sp³-hybridized carbons (Fsp3) is 0.375. The summed E-state index contributed by atoms with van der Waals surface area (Å²) in [5.74, 6) is 0.394. The van der Waals surface area contributed by atoms with E-state index >= 15 is 0 Å². The van der Waals surface area contributed by atoms with E-state index in [4.69, 9.17) is 5.73 Å². The van der Waals surface area contributed by atoms with Crippen LogP contribution < -0.4 is 21.7 Å². The number of nitrogens with zero attached hydrogens (tertiary/aromatic N) is 1. The third kappa shape index (κ3) is 9.67. The van der Waals surface area contributed by atoms with Crippen LogP contribution in [0.25, 0.3) is 0 Å². The van der Waals surface area contributed by atoms with E-state index in [2.05, 4.69) is 59.1 Å². The fourth-order valence-corrected chi connectivity index (χ4v) is 3.02. The topological polar surface area (TPSA) is 109 Å². The van der Waals surface area contributed by atoms with Crippen LogP contribution in [0.2, 0.25) is 0 Å². The van der Waals surface area contributed by atoms with Crippen LogP contribution in [-0.2, 0) is 17.8 Å². The molecule has 0 fully saturated rings. The van der Waals surface area contributed by atoms with Crippen LogP contribution in [0.4, 0.5) is 0 Å². The molecule has 0 atom stereocenters. The number of nitrogens with two attached hydrogens (primary N) is 1. The minimum absolute atomic E-state index is 0. The van der Waals surface area contributed by atoms with E-state index in [1.807, 2.05) is 12.1 Å². The van der Waals surface area contributed by atoms with Crippen LogP contribution in [0.15, 0.2) is 53.5 Å². The van der Waals surface area contributed by atoms with Crippen molar-refractivity contribution in [2.45, 2.75) is 39.2 Å². The summed E-state index contributed by atoms with van der Waals surface area (Å²) in [7, 11) is 1.74. The number of amides is 2. The van der Waals surface area contributed by atoms with E-state index in [-0.39, 0.29) is 36.4 Å². The molecule has 0 aliphatic heterocycles. The summed E-state index contributed by atoms with van der Waals surface area (Å²) in [5, 5.41) is 9.06. The predicted molar refractivity (Wildman–Crippen MR) is 140 cm³/mol. The lowest BCUT2D eigenvalue weighted by molar-refractivity contribution is -0.117. The van der Waals surface area contributed by atoms with Crippen molar-refractivity contribution < 1.29 is 9.59 Å². The molecule has 0 aliphatic carbocycles. The Balaban J connectivity index is 0.00000512. The molecule has 0 radical (unpaired) electrons. The Morgan fingerprint density at radius 1 is 0.938 bits per heavy atom. The average molecular weight is 551 g/mol. The Hall–Kier alpha value is -2.62. The lowest BCUT2D eigenvalue weighted by Gasteiger charge is -2.12. The molecule has 7 nitrogen and oxygen atoms in total. The van der Waals surface area contributed by atoms with Gasteiger partial charge in [0.15, 0.2) is 5.96 Å². The molecular formula is C24H34IN5O2. The predicted octanol–water partition coefficient (Wildman–Crippen LogP) is 2.94. The van der Waals surface area contributed by atoms with Crippen molar-refractivity contribution in [3.05, 3.63) is 70.8 Å². The highest BCUT2D eigenvalue weighted by molar-refractivity contribution is 14.0. The van der Waals surface area contributed by atoms with Crippen LogP contribution in [0.3, 0.4) is 0 Å². The zero-order valence-corrected chi connectivity index (χ0v) is 21.3. The summed E-state index contributed by atoms with van der Waals surface area (Å²) in [6, 6.07) is 16.0. The number of rotatable bonds is 10. The third-order valence-electron chi connectivity index (χ3n) is 4.90. The molecule has 0 bridgehead atoms. The van der Waals surface area contributed by atoms with Gasteiger partial charge in [-0.2, -0.15) is 0 Å². The quantitative estimate of drug-likeness (QED) is 0.158. The Labute approximate surface area is 207 Å². The first-order valence-electron chi connectivity index (χ1n) is 10.6. The first kappa shape index (κ1) is 27.4. The molecule has 2 aromatic rings.